The van der Waals surface area contributed by atoms with Crippen LogP contribution in [0.1, 0.15) is 37.8 Å². The van der Waals surface area contributed by atoms with Gasteiger partial charge < -0.3 is 15.0 Å². The summed E-state index contributed by atoms with van der Waals surface area (Å²) in [4.78, 5) is 28.1. The Kier molecular flexibility index (Phi) is 10.7. The molecule has 214 valence electrons. The van der Waals surface area contributed by atoms with Crippen molar-refractivity contribution in [1.29, 1.82) is 0 Å². The highest BCUT2D eigenvalue weighted by atomic mass is 32.2. The molecule has 0 fully saturated rings. The molecule has 0 aromatic heterocycles. The van der Waals surface area contributed by atoms with Crippen LogP contribution in [0.25, 0.3) is 0 Å². The molecule has 3 aromatic rings. The van der Waals surface area contributed by atoms with Gasteiger partial charge in [0.25, 0.3) is 10.0 Å². The number of rotatable bonds is 13. The fraction of sp³-hybridized carbons (Fsp3) is 0.333. The monoisotopic (exact) mass is 569 g/mol. The first-order valence-corrected chi connectivity index (χ1v) is 14.6. The number of hydrogen-bond donors (Lipinski definition) is 1. The van der Waals surface area contributed by atoms with Crippen LogP contribution in [0.4, 0.5) is 10.1 Å². The van der Waals surface area contributed by atoms with Gasteiger partial charge in [-0.05, 0) is 62.7 Å². The lowest BCUT2D eigenvalue weighted by atomic mass is 10.1. The lowest BCUT2D eigenvalue weighted by molar-refractivity contribution is -0.139. The fourth-order valence-electron chi connectivity index (χ4n) is 4.04. The molecule has 0 heterocycles. The predicted octanol–water partition coefficient (Wildman–Crippen LogP) is 4.67. The van der Waals surface area contributed by atoms with Crippen LogP contribution in [0.15, 0.2) is 77.7 Å². The van der Waals surface area contributed by atoms with E-state index >= 15 is 0 Å². The summed E-state index contributed by atoms with van der Waals surface area (Å²) in [7, 11) is -2.70. The van der Waals surface area contributed by atoms with Gasteiger partial charge >= 0.3 is 0 Å². The van der Waals surface area contributed by atoms with Gasteiger partial charge in [0.1, 0.15) is 24.2 Å². The molecule has 40 heavy (non-hydrogen) atoms. The van der Waals surface area contributed by atoms with E-state index in [2.05, 4.69) is 5.32 Å². The molecule has 8 nitrogen and oxygen atoms in total. The molecule has 10 heteroatoms. The topological polar surface area (TPSA) is 96.0 Å². The van der Waals surface area contributed by atoms with Gasteiger partial charge in [-0.15, -0.1) is 0 Å². The second kappa shape index (κ2) is 13.9. The second-order valence-electron chi connectivity index (χ2n) is 9.46. The van der Waals surface area contributed by atoms with Gasteiger partial charge in [0.05, 0.1) is 17.7 Å². The molecule has 0 aliphatic carbocycles. The minimum Gasteiger partial charge on any atom is -0.497 e. The Morgan fingerprint density at radius 2 is 1.65 bits per heavy atom. The molecule has 1 N–H and O–H groups in total. The van der Waals surface area contributed by atoms with Crippen molar-refractivity contribution in [1.82, 2.24) is 10.2 Å². The van der Waals surface area contributed by atoms with Crippen molar-refractivity contribution in [2.24, 2.45) is 0 Å². The lowest BCUT2D eigenvalue weighted by Crippen LogP contribution is -2.51. The molecular formula is C30H36FN3O5S. The highest BCUT2D eigenvalue weighted by molar-refractivity contribution is 7.92. The van der Waals surface area contributed by atoms with Gasteiger partial charge in [-0.2, -0.15) is 0 Å². The van der Waals surface area contributed by atoms with E-state index in [4.69, 9.17) is 4.74 Å². The third-order valence-electron chi connectivity index (χ3n) is 6.54. The van der Waals surface area contributed by atoms with Crippen LogP contribution in [-0.4, -0.2) is 51.4 Å². The van der Waals surface area contributed by atoms with Gasteiger partial charge in [-0.25, -0.2) is 12.8 Å². The molecular weight excluding hydrogens is 533 g/mol. The van der Waals surface area contributed by atoms with Crippen molar-refractivity contribution in [2.75, 3.05) is 24.5 Å². The molecule has 0 spiro atoms. The van der Waals surface area contributed by atoms with Crippen molar-refractivity contribution < 1.29 is 27.1 Å². The molecule has 0 aliphatic heterocycles. The van der Waals surface area contributed by atoms with E-state index in [9.17, 15) is 22.4 Å². The summed E-state index contributed by atoms with van der Waals surface area (Å²) < 4.78 is 48.5. The SMILES string of the molecule is CCCCNC(=O)[C@H](C)N(Cc1ccccc1F)C(=O)CN(c1ccc(OC)cc1)S(=O)(=O)c1ccc(C)cc1. The molecule has 1 atom stereocenters. The average molecular weight is 570 g/mol. The maximum atomic E-state index is 14.6. The highest BCUT2D eigenvalue weighted by Gasteiger charge is 2.32. The molecule has 3 rings (SSSR count). The van der Waals surface area contributed by atoms with Crippen LogP contribution in [0.5, 0.6) is 5.75 Å². The van der Waals surface area contributed by atoms with E-state index in [1.165, 1.54) is 42.3 Å². The predicted molar refractivity (Wildman–Crippen MR) is 153 cm³/mol. The van der Waals surface area contributed by atoms with Crippen molar-refractivity contribution in [3.8, 4) is 5.75 Å². The number of sulfonamides is 1. The zero-order chi connectivity index (χ0) is 29.3. The summed E-state index contributed by atoms with van der Waals surface area (Å²) in [5.41, 5.74) is 1.33. The number of ether oxygens (including phenoxy) is 1. The fourth-order valence-corrected chi connectivity index (χ4v) is 5.46. The molecule has 0 aliphatic rings. The molecule has 3 aromatic carbocycles. The van der Waals surface area contributed by atoms with Crippen molar-refractivity contribution >= 4 is 27.5 Å². The Hall–Kier alpha value is -3.92. The summed E-state index contributed by atoms with van der Waals surface area (Å²) in [5, 5.41) is 2.81. The number of methoxy groups -OCH3 is 1. The van der Waals surface area contributed by atoms with Gasteiger partial charge in [-0.1, -0.05) is 49.2 Å². The summed E-state index contributed by atoms with van der Waals surface area (Å²) in [6.07, 6.45) is 1.64. The van der Waals surface area contributed by atoms with Crippen LogP contribution in [-0.2, 0) is 26.2 Å². The average Bonchev–Trinajstić information content (AvgIpc) is 2.95. The second-order valence-corrected chi connectivity index (χ2v) is 11.3. The third kappa shape index (κ3) is 7.59. The number of anilines is 1. The van der Waals surface area contributed by atoms with Crippen LogP contribution in [0.2, 0.25) is 0 Å². The minimum atomic E-state index is -4.19. The maximum absolute atomic E-state index is 14.6. The molecule has 0 unspecified atom stereocenters. The van der Waals surface area contributed by atoms with E-state index in [0.29, 0.717) is 12.3 Å². The molecule has 2 amide bonds. The van der Waals surface area contributed by atoms with Crippen LogP contribution in [0, 0.1) is 12.7 Å². The summed E-state index contributed by atoms with van der Waals surface area (Å²) in [6.45, 7) is 4.99. The number of carbonyl (C=O) groups is 2. The Morgan fingerprint density at radius 3 is 2.25 bits per heavy atom. The van der Waals surface area contributed by atoms with Crippen molar-refractivity contribution in [2.45, 2.75) is 51.1 Å². The number of nitrogens with zero attached hydrogens (tertiary/aromatic N) is 2. The van der Waals surface area contributed by atoms with Crippen molar-refractivity contribution in [3.63, 3.8) is 0 Å². The smallest absolute Gasteiger partial charge is 0.264 e. The number of unbranched alkanes of at least 4 members (excludes halogenated alkanes) is 1. The molecule has 0 bridgehead atoms. The van der Waals surface area contributed by atoms with Crippen molar-refractivity contribution in [3.05, 3.63) is 89.7 Å². The number of benzene rings is 3. The first kappa shape index (κ1) is 30.6. The van der Waals surface area contributed by atoms with Gasteiger partial charge in [-0.3, -0.25) is 13.9 Å². The Labute approximate surface area is 235 Å². The van der Waals surface area contributed by atoms with E-state index in [1.807, 2.05) is 13.8 Å². The van der Waals surface area contributed by atoms with Crippen LogP contribution < -0.4 is 14.4 Å². The van der Waals surface area contributed by atoms with E-state index in [-0.39, 0.29) is 22.7 Å². The van der Waals surface area contributed by atoms with Crippen LogP contribution in [0.3, 0.4) is 0 Å². The number of hydrogen-bond acceptors (Lipinski definition) is 5. The van der Waals surface area contributed by atoms with E-state index < -0.39 is 40.2 Å². The summed E-state index contributed by atoms with van der Waals surface area (Å²) in [5.74, 6) is -1.08. The Balaban J connectivity index is 2.01. The zero-order valence-electron chi connectivity index (χ0n) is 23.3. The summed E-state index contributed by atoms with van der Waals surface area (Å²) >= 11 is 0. The first-order valence-electron chi connectivity index (χ1n) is 13.1. The number of nitrogens with one attached hydrogen (secondary N) is 1. The number of carbonyl (C=O) groups excluding carboxylic acids is 2. The van der Waals surface area contributed by atoms with E-state index in [0.717, 1.165) is 22.7 Å². The Morgan fingerprint density at radius 1 is 1.00 bits per heavy atom. The standard InChI is InChI=1S/C30H36FN3O5S/c1-5-6-19-32-30(36)23(3)33(20-24-9-7-8-10-28(24)31)29(35)21-34(25-13-15-26(39-4)16-14-25)40(37,38)27-17-11-22(2)12-18-27/h7-18,23H,5-6,19-21H2,1-4H3,(H,32,36)/t23-/m0/s1. The molecule has 0 saturated carbocycles. The third-order valence-corrected chi connectivity index (χ3v) is 8.33. The number of amides is 2. The van der Waals surface area contributed by atoms with Gasteiger partial charge in [0, 0.05) is 18.7 Å². The first-order chi connectivity index (χ1) is 19.1. The molecule has 0 radical (unpaired) electrons. The molecule has 0 saturated heterocycles. The van der Waals surface area contributed by atoms with Gasteiger partial charge in [0.15, 0.2) is 0 Å². The number of aryl methyl sites for hydroxylation is 1. The van der Waals surface area contributed by atoms with Crippen LogP contribution >= 0.6 is 0 Å². The normalized spacial score (nSPS) is 11.9. The lowest BCUT2D eigenvalue weighted by Gasteiger charge is -2.32. The zero-order valence-corrected chi connectivity index (χ0v) is 24.1. The van der Waals surface area contributed by atoms with Gasteiger partial charge in [0.2, 0.25) is 11.8 Å². The summed E-state index contributed by atoms with van der Waals surface area (Å²) in [6, 6.07) is 17.6. The van der Waals surface area contributed by atoms with E-state index in [1.54, 1.807) is 49.4 Å². The quantitative estimate of drug-likeness (QED) is 0.302. The maximum Gasteiger partial charge on any atom is 0.264 e. The highest BCUT2D eigenvalue weighted by Crippen LogP contribution is 2.27. The largest absolute Gasteiger partial charge is 0.497 e. The minimum absolute atomic E-state index is 0.00716. The number of halogens is 1. The Bertz CT molecular complexity index is 1400.